The van der Waals surface area contributed by atoms with Crippen LogP contribution in [0.3, 0.4) is 0 Å². The van der Waals surface area contributed by atoms with E-state index in [-0.39, 0.29) is 23.6 Å². The van der Waals surface area contributed by atoms with Crippen molar-refractivity contribution in [2.24, 2.45) is 0 Å². The smallest absolute Gasteiger partial charge is 0.286 e. The number of amides is 1. The van der Waals surface area contributed by atoms with E-state index in [9.17, 15) is 14.9 Å². The van der Waals surface area contributed by atoms with E-state index in [0.717, 1.165) is 11.6 Å². The molecule has 30 heavy (non-hydrogen) atoms. The fourth-order valence-electron chi connectivity index (χ4n) is 2.77. The summed E-state index contributed by atoms with van der Waals surface area (Å²) in [6.45, 7) is 0.0117. The Morgan fingerprint density at radius 1 is 1.10 bits per heavy atom. The summed E-state index contributed by atoms with van der Waals surface area (Å²) >= 11 is 0. The van der Waals surface area contributed by atoms with Gasteiger partial charge >= 0.3 is 0 Å². The number of hydrogen-bond acceptors (Lipinski definition) is 8. The predicted octanol–water partition coefficient (Wildman–Crippen LogP) is 3.21. The van der Waals surface area contributed by atoms with Crippen molar-refractivity contribution >= 4 is 11.6 Å². The second-order valence-electron chi connectivity index (χ2n) is 6.08. The van der Waals surface area contributed by atoms with Crippen molar-refractivity contribution in [2.75, 3.05) is 21.3 Å². The molecule has 0 radical (unpaired) electrons. The van der Waals surface area contributed by atoms with Gasteiger partial charge in [-0.15, -0.1) is 0 Å². The number of rotatable bonds is 8. The Balaban J connectivity index is 1.77. The van der Waals surface area contributed by atoms with Crippen LogP contribution in [0.4, 0.5) is 5.69 Å². The molecule has 0 bridgehead atoms. The molecule has 0 aliphatic carbocycles. The van der Waals surface area contributed by atoms with E-state index in [1.165, 1.54) is 20.3 Å². The molecule has 10 heteroatoms. The number of nitrogens with zero attached hydrogens (tertiary/aromatic N) is 2. The van der Waals surface area contributed by atoms with Gasteiger partial charge < -0.3 is 24.1 Å². The highest BCUT2D eigenvalue weighted by Gasteiger charge is 2.24. The van der Waals surface area contributed by atoms with Crippen LogP contribution in [0.1, 0.15) is 16.1 Å². The number of carbonyl (C=O) groups excluding carboxylic acids is 1. The first-order chi connectivity index (χ1) is 14.5. The highest BCUT2D eigenvalue weighted by Crippen LogP contribution is 2.34. The summed E-state index contributed by atoms with van der Waals surface area (Å²) in [5.74, 6) is 0.860. The Bertz CT molecular complexity index is 1080. The Labute approximate surface area is 171 Å². The summed E-state index contributed by atoms with van der Waals surface area (Å²) in [4.78, 5) is 23.3. The Hall–Kier alpha value is -4.08. The SMILES string of the molecule is COc1cccc(-c2cc(CNC(=O)c3cc(OC)c(OC)cc3[N+](=O)[O-])no2)c1. The van der Waals surface area contributed by atoms with Gasteiger partial charge in [0.15, 0.2) is 17.3 Å². The number of methoxy groups -OCH3 is 3. The molecule has 0 atom stereocenters. The van der Waals surface area contributed by atoms with E-state index in [4.69, 9.17) is 18.7 Å². The lowest BCUT2D eigenvalue weighted by Crippen LogP contribution is -2.24. The number of ether oxygens (including phenoxy) is 3. The first-order valence-electron chi connectivity index (χ1n) is 8.75. The average Bonchev–Trinajstić information content (AvgIpc) is 3.25. The monoisotopic (exact) mass is 413 g/mol. The molecule has 1 heterocycles. The topological polar surface area (TPSA) is 126 Å². The zero-order valence-electron chi connectivity index (χ0n) is 16.5. The minimum Gasteiger partial charge on any atom is -0.497 e. The van der Waals surface area contributed by atoms with Crippen molar-refractivity contribution < 1.29 is 28.5 Å². The van der Waals surface area contributed by atoms with Crippen LogP contribution in [0.25, 0.3) is 11.3 Å². The fourth-order valence-corrected chi connectivity index (χ4v) is 2.77. The molecule has 3 rings (SSSR count). The molecule has 2 aromatic carbocycles. The van der Waals surface area contributed by atoms with E-state index >= 15 is 0 Å². The van der Waals surface area contributed by atoms with Crippen LogP contribution in [0.5, 0.6) is 17.2 Å². The maximum Gasteiger partial charge on any atom is 0.286 e. The highest BCUT2D eigenvalue weighted by molar-refractivity contribution is 5.99. The minimum absolute atomic E-state index is 0.0117. The van der Waals surface area contributed by atoms with Gasteiger partial charge in [0.2, 0.25) is 0 Å². The second kappa shape index (κ2) is 8.95. The third-order valence-corrected chi connectivity index (χ3v) is 4.29. The molecule has 1 N–H and O–H groups in total. The van der Waals surface area contributed by atoms with Gasteiger partial charge in [0.1, 0.15) is 17.0 Å². The van der Waals surface area contributed by atoms with Crippen molar-refractivity contribution in [1.29, 1.82) is 0 Å². The lowest BCUT2D eigenvalue weighted by atomic mass is 10.1. The molecule has 0 aliphatic heterocycles. The Morgan fingerprint density at radius 3 is 2.50 bits per heavy atom. The molecule has 1 aromatic heterocycles. The summed E-state index contributed by atoms with van der Waals surface area (Å²) in [5, 5.41) is 17.9. The average molecular weight is 413 g/mol. The zero-order valence-corrected chi connectivity index (χ0v) is 16.5. The van der Waals surface area contributed by atoms with Crippen LogP contribution >= 0.6 is 0 Å². The Kier molecular flexibility index (Phi) is 6.16. The molecule has 0 saturated heterocycles. The number of carbonyl (C=O) groups is 1. The second-order valence-corrected chi connectivity index (χ2v) is 6.08. The van der Waals surface area contributed by atoms with Gasteiger partial charge in [-0.1, -0.05) is 17.3 Å². The summed E-state index contributed by atoms with van der Waals surface area (Å²) in [5.41, 5.74) is 0.649. The maximum atomic E-state index is 12.6. The normalized spacial score (nSPS) is 10.4. The van der Waals surface area contributed by atoms with Crippen molar-refractivity contribution in [1.82, 2.24) is 10.5 Å². The van der Waals surface area contributed by atoms with Crippen LogP contribution in [0, 0.1) is 10.1 Å². The van der Waals surface area contributed by atoms with E-state index in [1.807, 2.05) is 12.1 Å². The lowest BCUT2D eigenvalue weighted by molar-refractivity contribution is -0.385. The number of hydrogen-bond donors (Lipinski definition) is 1. The van der Waals surface area contributed by atoms with Crippen molar-refractivity contribution in [3.63, 3.8) is 0 Å². The lowest BCUT2D eigenvalue weighted by Gasteiger charge is -2.10. The van der Waals surface area contributed by atoms with Gasteiger partial charge in [-0.2, -0.15) is 0 Å². The molecule has 1 amide bonds. The molecule has 0 saturated carbocycles. The number of nitro groups is 1. The van der Waals surface area contributed by atoms with Gasteiger partial charge in [0, 0.05) is 17.7 Å². The van der Waals surface area contributed by atoms with E-state index < -0.39 is 16.5 Å². The largest absolute Gasteiger partial charge is 0.497 e. The molecule has 0 aliphatic rings. The molecule has 3 aromatic rings. The fraction of sp³-hybridized carbons (Fsp3) is 0.200. The van der Waals surface area contributed by atoms with Gasteiger partial charge in [0.25, 0.3) is 11.6 Å². The van der Waals surface area contributed by atoms with Crippen LogP contribution in [0.2, 0.25) is 0 Å². The van der Waals surface area contributed by atoms with Crippen LogP contribution in [0.15, 0.2) is 47.0 Å². The van der Waals surface area contributed by atoms with E-state index in [0.29, 0.717) is 17.2 Å². The quantitative estimate of drug-likeness (QED) is 0.441. The molecular weight excluding hydrogens is 394 g/mol. The molecule has 10 nitrogen and oxygen atoms in total. The number of nitro benzene ring substituents is 1. The van der Waals surface area contributed by atoms with Gasteiger partial charge in [-0.3, -0.25) is 14.9 Å². The highest BCUT2D eigenvalue weighted by atomic mass is 16.6. The Morgan fingerprint density at radius 2 is 1.83 bits per heavy atom. The minimum atomic E-state index is -0.659. The standard InChI is InChI=1S/C20H19N3O7/c1-27-14-6-4-5-12(7-14)17-8-13(22-30-17)11-21-20(24)15-9-18(28-2)19(29-3)10-16(15)23(25)26/h4-10H,11H2,1-3H3,(H,21,24). The predicted molar refractivity (Wildman–Crippen MR) is 106 cm³/mol. The summed E-state index contributed by atoms with van der Waals surface area (Å²) in [6, 6.07) is 11.3. The third kappa shape index (κ3) is 4.32. The van der Waals surface area contributed by atoms with E-state index in [2.05, 4.69) is 10.5 Å². The van der Waals surface area contributed by atoms with Gasteiger partial charge in [-0.25, -0.2) is 0 Å². The van der Waals surface area contributed by atoms with Crippen LogP contribution < -0.4 is 19.5 Å². The first-order valence-corrected chi connectivity index (χ1v) is 8.75. The zero-order chi connectivity index (χ0) is 21.7. The number of benzene rings is 2. The first kappa shape index (κ1) is 20.6. The summed E-state index contributed by atoms with van der Waals surface area (Å²) in [6.07, 6.45) is 0. The molecular formula is C20H19N3O7. The summed E-state index contributed by atoms with van der Waals surface area (Å²) in [7, 11) is 4.29. The molecule has 0 spiro atoms. The molecule has 0 unspecified atom stereocenters. The maximum absolute atomic E-state index is 12.6. The summed E-state index contributed by atoms with van der Waals surface area (Å²) < 4.78 is 20.7. The van der Waals surface area contributed by atoms with E-state index in [1.54, 1.807) is 25.3 Å². The molecule has 0 fully saturated rings. The van der Waals surface area contributed by atoms with Crippen LogP contribution in [-0.4, -0.2) is 37.3 Å². The van der Waals surface area contributed by atoms with Gasteiger partial charge in [0.05, 0.1) is 38.9 Å². The van der Waals surface area contributed by atoms with Crippen molar-refractivity contribution in [3.05, 3.63) is 63.8 Å². The number of nitrogens with one attached hydrogen (secondary N) is 1. The van der Waals surface area contributed by atoms with Crippen LogP contribution in [-0.2, 0) is 6.54 Å². The molecule has 156 valence electrons. The third-order valence-electron chi connectivity index (χ3n) is 4.29. The van der Waals surface area contributed by atoms with Crippen molar-refractivity contribution in [3.8, 4) is 28.6 Å². The number of aromatic nitrogens is 1. The van der Waals surface area contributed by atoms with Gasteiger partial charge in [-0.05, 0) is 12.1 Å². The van der Waals surface area contributed by atoms with Crippen molar-refractivity contribution in [2.45, 2.75) is 6.54 Å².